The lowest BCUT2D eigenvalue weighted by Gasteiger charge is -2.52. The number of ether oxygens (including phenoxy) is 4. The molecule has 1 N–H and O–H groups in total. The Morgan fingerprint density at radius 3 is 2.52 bits per heavy atom. The van der Waals surface area contributed by atoms with Gasteiger partial charge in [0.15, 0.2) is 18.5 Å². The van der Waals surface area contributed by atoms with E-state index in [-0.39, 0.29) is 12.5 Å². The van der Waals surface area contributed by atoms with Gasteiger partial charge in [0.25, 0.3) is 0 Å². The lowest BCUT2D eigenvalue weighted by Crippen LogP contribution is -2.59. The summed E-state index contributed by atoms with van der Waals surface area (Å²) in [5.74, 6) is -0.323. The Hall–Kier alpha value is -1.44. The Balaban J connectivity index is 1.69. The fourth-order valence-corrected chi connectivity index (χ4v) is 5.76. The second-order valence-electron chi connectivity index (χ2n) is 10.3. The first-order chi connectivity index (χ1) is 14.4. The van der Waals surface area contributed by atoms with Crippen LogP contribution in [0.5, 0.6) is 0 Å². The number of carbonyl (C=O) groups excluding carboxylic acids is 2. The van der Waals surface area contributed by atoms with Crippen molar-refractivity contribution in [3.05, 3.63) is 12.2 Å². The van der Waals surface area contributed by atoms with Gasteiger partial charge in [-0.1, -0.05) is 19.1 Å². The summed E-state index contributed by atoms with van der Waals surface area (Å²) in [6, 6.07) is 0. The van der Waals surface area contributed by atoms with Gasteiger partial charge in [0.2, 0.25) is 0 Å². The summed E-state index contributed by atoms with van der Waals surface area (Å²) in [5, 5.41) is 10.9. The Morgan fingerprint density at radius 2 is 1.87 bits per heavy atom. The maximum Gasteiger partial charge on any atom is 0.303 e. The molecular weight excluding hydrogens is 400 g/mol. The molecule has 0 bridgehead atoms. The molecule has 31 heavy (non-hydrogen) atoms. The second kappa shape index (κ2) is 9.20. The van der Waals surface area contributed by atoms with Crippen molar-refractivity contribution >= 4 is 11.9 Å². The molecule has 0 aromatic carbocycles. The van der Waals surface area contributed by atoms with Crippen molar-refractivity contribution in [1.82, 2.24) is 0 Å². The van der Waals surface area contributed by atoms with Gasteiger partial charge in [-0.15, -0.1) is 0 Å². The van der Waals surface area contributed by atoms with Crippen molar-refractivity contribution in [3.63, 3.8) is 0 Å². The number of fused-ring (bicyclic) bond motifs is 1. The first-order valence-corrected chi connectivity index (χ1v) is 11.4. The number of hydrogen-bond donors (Lipinski definition) is 1. The normalized spacial score (nSPS) is 38.8. The molecule has 0 aromatic rings. The van der Waals surface area contributed by atoms with Crippen LogP contribution in [0.4, 0.5) is 0 Å². The largest absolute Gasteiger partial charge is 0.456 e. The summed E-state index contributed by atoms with van der Waals surface area (Å²) in [7, 11) is 0. The summed E-state index contributed by atoms with van der Waals surface area (Å²) >= 11 is 0. The minimum Gasteiger partial charge on any atom is -0.456 e. The third-order valence-corrected chi connectivity index (χ3v) is 7.59. The molecule has 3 fully saturated rings. The van der Waals surface area contributed by atoms with E-state index in [1.54, 1.807) is 0 Å². The molecule has 7 nitrogen and oxygen atoms in total. The van der Waals surface area contributed by atoms with E-state index in [2.05, 4.69) is 13.5 Å². The van der Waals surface area contributed by atoms with Gasteiger partial charge in [-0.05, 0) is 69.6 Å². The number of aliphatic hydroxyl groups excluding tert-OH is 1. The summed E-state index contributed by atoms with van der Waals surface area (Å²) in [4.78, 5) is 23.0. The smallest absolute Gasteiger partial charge is 0.303 e. The molecule has 2 aliphatic carbocycles. The van der Waals surface area contributed by atoms with E-state index in [0.29, 0.717) is 11.3 Å². The first kappa shape index (κ1) is 24.2. The summed E-state index contributed by atoms with van der Waals surface area (Å²) in [6.45, 7) is 13.3. The molecule has 7 atom stereocenters. The van der Waals surface area contributed by atoms with Gasteiger partial charge in [-0.2, -0.15) is 0 Å². The van der Waals surface area contributed by atoms with E-state index in [1.807, 2.05) is 13.8 Å². The van der Waals surface area contributed by atoms with Crippen LogP contribution < -0.4 is 0 Å². The molecule has 0 aromatic heterocycles. The van der Waals surface area contributed by atoms with Gasteiger partial charge >= 0.3 is 11.9 Å². The van der Waals surface area contributed by atoms with Gasteiger partial charge < -0.3 is 24.1 Å². The van der Waals surface area contributed by atoms with E-state index < -0.39 is 42.1 Å². The Kier molecular flexibility index (Phi) is 7.18. The van der Waals surface area contributed by atoms with E-state index in [4.69, 9.17) is 18.9 Å². The molecule has 0 unspecified atom stereocenters. The predicted octanol–water partition coefficient (Wildman–Crippen LogP) is 3.52. The maximum absolute atomic E-state index is 11.6. The number of aliphatic hydroxyl groups is 1. The molecule has 0 radical (unpaired) electrons. The third-order valence-electron chi connectivity index (χ3n) is 7.59. The van der Waals surface area contributed by atoms with Crippen molar-refractivity contribution in [1.29, 1.82) is 0 Å². The van der Waals surface area contributed by atoms with Crippen molar-refractivity contribution in [2.24, 2.45) is 17.3 Å². The average molecular weight is 439 g/mol. The van der Waals surface area contributed by atoms with Crippen molar-refractivity contribution in [2.75, 3.05) is 6.61 Å². The van der Waals surface area contributed by atoms with Crippen LogP contribution in [0.1, 0.15) is 73.1 Å². The number of esters is 2. The number of hydrogen-bond acceptors (Lipinski definition) is 7. The minimum absolute atomic E-state index is 0.0164. The molecule has 1 saturated heterocycles. The van der Waals surface area contributed by atoms with Crippen LogP contribution in [-0.4, -0.2) is 53.9 Å². The van der Waals surface area contributed by atoms with Gasteiger partial charge in [0.1, 0.15) is 6.10 Å². The predicted molar refractivity (Wildman–Crippen MR) is 114 cm³/mol. The number of rotatable bonds is 5. The van der Waals surface area contributed by atoms with Gasteiger partial charge in [-0.25, -0.2) is 0 Å². The number of allylic oxidation sites excluding steroid dienone is 1. The van der Waals surface area contributed by atoms with Crippen LogP contribution in [0, 0.1) is 17.3 Å². The summed E-state index contributed by atoms with van der Waals surface area (Å²) in [6.07, 6.45) is 2.59. The third kappa shape index (κ3) is 5.32. The Labute approximate surface area is 185 Å². The number of carbonyl (C=O) groups is 2. The van der Waals surface area contributed by atoms with Crippen molar-refractivity contribution in [2.45, 2.75) is 103 Å². The highest BCUT2D eigenvalue weighted by Crippen LogP contribution is 2.55. The fourth-order valence-electron chi connectivity index (χ4n) is 5.76. The van der Waals surface area contributed by atoms with Gasteiger partial charge in [0.05, 0.1) is 12.2 Å². The highest BCUT2D eigenvalue weighted by molar-refractivity contribution is 5.67. The standard InChI is InChI=1S/C24H38O7/c1-14-8-7-10-24(6)11-9-17(12-18(14)24)23(4,5)31-22-20(27)21(30-16(3)26)19(13-28-22)29-15(2)25/h17-22,27H,1,7-13H2,2-6H3/t17-,18+,19-,20+,21-,22-,24-/m1/s1. The first-order valence-electron chi connectivity index (χ1n) is 11.4. The SMILES string of the molecule is C=C1CCC[C@]2(C)CC[C@@H](C(C)(C)O[C@H]3OC[C@@H](OC(C)=O)[C@@H](OC(C)=O)[C@@H]3O)C[C@@H]12. The highest BCUT2D eigenvalue weighted by atomic mass is 16.7. The minimum atomic E-state index is -1.26. The van der Waals surface area contributed by atoms with E-state index in [0.717, 1.165) is 25.7 Å². The molecule has 1 heterocycles. The van der Waals surface area contributed by atoms with Crippen LogP contribution >= 0.6 is 0 Å². The zero-order valence-electron chi connectivity index (χ0n) is 19.5. The molecule has 1 aliphatic heterocycles. The summed E-state index contributed by atoms with van der Waals surface area (Å²) in [5.41, 5.74) is 1.11. The lowest BCUT2D eigenvalue weighted by molar-refractivity contribution is -0.308. The van der Waals surface area contributed by atoms with E-state index >= 15 is 0 Å². The molecule has 3 rings (SSSR count). The highest BCUT2D eigenvalue weighted by Gasteiger charge is 2.50. The monoisotopic (exact) mass is 438 g/mol. The van der Waals surface area contributed by atoms with Crippen LogP contribution in [0.3, 0.4) is 0 Å². The van der Waals surface area contributed by atoms with Gasteiger partial charge in [-0.3, -0.25) is 9.59 Å². The van der Waals surface area contributed by atoms with E-state index in [9.17, 15) is 14.7 Å². The van der Waals surface area contributed by atoms with E-state index in [1.165, 1.54) is 32.3 Å². The fraction of sp³-hybridized carbons (Fsp3) is 0.833. The molecule has 2 saturated carbocycles. The maximum atomic E-state index is 11.6. The second-order valence-corrected chi connectivity index (χ2v) is 10.3. The molecular formula is C24H38O7. The molecule has 0 spiro atoms. The summed E-state index contributed by atoms with van der Waals surface area (Å²) < 4.78 is 22.5. The van der Waals surface area contributed by atoms with Crippen LogP contribution in [0.2, 0.25) is 0 Å². The molecule has 0 amide bonds. The zero-order valence-corrected chi connectivity index (χ0v) is 19.5. The van der Waals surface area contributed by atoms with Crippen LogP contribution in [0.15, 0.2) is 12.2 Å². The van der Waals surface area contributed by atoms with Crippen molar-refractivity contribution in [3.8, 4) is 0 Å². The lowest BCUT2D eigenvalue weighted by atomic mass is 9.55. The molecule has 176 valence electrons. The van der Waals surface area contributed by atoms with Crippen molar-refractivity contribution < 1.29 is 33.6 Å². The Bertz CT molecular complexity index is 702. The van der Waals surface area contributed by atoms with Crippen LogP contribution in [0.25, 0.3) is 0 Å². The molecule has 7 heteroatoms. The average Bonchev–Trinajstić information content (AvgIpc) is 2.66. The van der Waals surface area contributed by atoms with Gasteiger partial charge in [0, 0.05) is 13.8 Å². The zero-order chi connectivity index (χ0) is 23.0. The molecule has 3 aliphatic rings. The topological polar surface area (TPSA) is 91.3 Å². The van der Waals surface area contributed by atoms with Crippen LogP contribution in [-0.2, 0) is 28.5 Å². The Morgan fingerprint density at radius 1 is 1.19 bits per heavy atom. The quantitative estimate of drug-likeness (QED) is 0.519.